The molecular formula is C13H22N2O4S. The third kappa shape index (κ3) is 5.81. The van der Waals surface area contributed by atoms with Gasteiger partial charge in [0.15, 0.2) is 0 Å². The van der Waals surface area contributed by atoms with Crippen LogP contribution in [0, 0.1) is 5.41 Å². The van der Waals surface area contributed by atoms with Crippen LogP contribution in [0.15, 0.2) is 0 Å². The molecular weight excluding hydrogens is 280 g/mol. The topological polar surface area (TPSA) is 95.5 Å². The van der Waals surface area contributed by atoms with E-state index in [-0.39, 0.29) is 12.8 Å². The number of carbonyl (C=O) groups excluding carboxylic acids is 2. The molecule has 20 heavy (non-hydrogen) atoms. The summed E-state index contributed by atoms with van der Waals surface area (Å²) in [6.07, 6.45) is 5.40. The van der Waals surface area contributed by atoms with Crippen LogP contribution in [-0.2, 0) is 9.59 Å². The highest BCUT2D eigenvalue weighted by Gasteiger charge is 2.38. The third-order valence-electron chi connectivity index (χ3n) is 3.57. The van der Waals surface area contributed by atoms with Gasteiger partial charge in [-0.3, -0.25) is 14.9 Å². The number of nitrogens with one attached hydrogen (secondary N) is 2. The summed E-state index contributed by atoms with van der Waals surface area (Å²) in [5.74, 6) is -0.496. The zero-order valence-electron chi connectivity index (χ0n) is 11.7. The first kappa shape index (κ1) is 16.8. The van der Waals surface area contributed by atoms with Gasteiger partial charge in [0.2, 0.25) is 5.91 Å². The van der Waals surface area contributed by atoms with E-state index in [4.69, 9.17) is 5.11 Å². The molecule has 7 heteroatoms. The van der Waals surface area contributed by atoms with Gasteiger partial charge in [-0.2, -0.15) is 11.8 Å². The van der Waals surface area contributed by atoms with Crippen molar-refractivity contribution in [3.05, 3.63) is 0 Å². The van der Waals surface area contributed by atoms with Gasteiger partial charge < -0.3 is 10.4 Å². The Morgan fingerprint density at radius 1 is 1.20 bits per heavy atom. The fourth-order valence-corrected chi connectivity index (χ4v) is 2.99. The summed E-state index contributed by atoms with van der Waals surface area (Å²) in [4.78, 5) is 34.2. The van der Waals surface area contributed by atoms with Crippen molar-refractivity contribution in [2.24, 2.45) is 5.41 Å². The molecule has 0 spiro atoms. The monoisotopic (exact) mass is 302 g/mol. The number of hydrogen-bond donors (Lipinski definition) is 3. The minimum absolute atomic E-state index is 0.00544. The van der Waals surface area contributed by atoms with Gasteiger partial charge in [-0.05, 0) is 24.5 Å². The van der Waals surface area contributed by atoms with E-state index in [9.17, 15) is 14.4 Å². The molecule has 0 heterocycles. The summed E-state index contributed by atoms with van der Waals surface area (Å²) < 4.78 is 0. The maximum atomic E-state index is 11.9. The first-order chi connectivity index (χ1) is 9.47. The number of carbonyl (C=O) groups is 3. The van der Waals surface area contributed by atoms with Gasteiger partial charge in [0, 0.05) is 18.7 Å². The number of carboxylic acid groups (broad SMARTS) is 1. The van der Waals surface area contributed by atoms with Crippen molar-refractivity contribution in [3.8, 4) is 0 Å². The van der Waals surface area contributed by atoms with E-state index in [0.717, 1.165) is 31.4 Å². The van der Waals surface area contributed by atoms with Crippen molar-refractivity contribution in [2.75, 3.05) is 18.6 Å². The van der Waals surface area contributed by atoms with Crippen LogP contribution in [-0.4, -0.2) is 41.6 Å². The van der Waals surface area contributed by atoms with Crippen LogP contribution in [0.2, 0.25) is 0 Å². The maximum absolute atomic E-state index is 11.9. The highest BCUT2D eigenvalue weighted by molar-refractivity contribution is 7.98. The molecule has 0 aliphatic heterocycles. The molecule has 1 aliphatic carbocycles. The summed E-state index contributed by atoms with van der Waals surface area (Å²) in [5, 5.41) is 13.8. The summed E-state index contributed by atoms with van der Waals surface area (Å²) in [6, 6.07) is -0.507. The number of aliphatic carboxylic acids is 1. The van der Waals surface area contributed by atoms with Gasteiger partial charge in [0.1, 0.15) is 0 Å². The van der Waals surface area contributed by atoms with Crippen molar-refractivity contribution >= 4 is 29.7 Å². The molecule has 0 atom stereocenters. The Morgan fingerprint density at radius 2 is 1.85 bits per heavy atom. The SMILES string of the molecule is CSCCNC(=O)NC(=O)CC1(CC(=O)O)CCCC1. The van der Waals surface area contributed by atoms with E-state index in [1.165, 1.54) is 0 Å². The minimum atomic E-state index is -0.885. The summed E-state index contributed by atoms with van der Waals surface area (Å²) in [5.41, 5.74) is -0.477. The van der Waals surface area contributed by atoms with E-state index in [1.807, 2.05) is 6.26 Å². The number of hydrogen-bond acceptors (Lipinski definition) is 4. The maximum Gasteiger partial charge on any atom is 0.321 e. The molecule has 3 N–H and O–H groups in total. The Balaban J connectivity index is 2.42. The van der Waals surface area contributed by atoms with Crippen LogP contribution >= 0.6 is 11.8 Å². The van der Waals surface area contributed by atoms with E-state index in [1.54, 1.807) is 11.8 Å². The second-order valence-corrected chi connectivity index (χ2v) is 6.24. The van der Waals surface area contributed by atoms with Crippen molar-refractivity contribution < 1.29 is 19.5 Å². The summed E-state index contributed by atoms with van der Waals surface area (Å²) in [6.45, 7) is 0.501. The van der Waals surface area contributed by atoms with Crippen LogP contribution in [0.1, 0.15) is 38.5 Å². The molecule has 0 radical (unpaired) electrons. The lowest BCUT2D eigenvalue weighted by molar-refractivity contribution is -0.140. The number of imide groups is 1. The summed E-state index contributed by atoms with van der Waals surface area (Å²) >= 11 is 1.60. The normalized spacial score (nSPS) is 16.6. The van der Waals surface area contributed by atoms with E-state index in [0.29, 0.717) is 6.54 Å². The fourth-order valence-electron chi connectivity index (χ4n) is 2.68. The lowest BCUT2D eigenvalue weighted by atomic mass is 9.79. The molecule has 1 saturated carbocycles. The Labute approximate surface area is 123 Å². The Kier molecular flexibility index (Phi) is 6.84. The summed E-state index contributed by atoms with van der Waals surface area (Å²) in [7, 11) is 0. The van der Waals surface area contributed by atoms with Gasteiger partial charge in [0.05, 0.1) is 6.42 Å². The zero-order valence-corrected chi connectivity index (χ0v) is 12.6. The average molecular weight is 302 g/mol. The molecule has 0 bridgehead atoms. The fraction of sp³-hybridized carbons (Fsp3) is 0.769. The molecule has 114 valence electrons. The van der Waals surface area contributed by atoms with Gasteiger partial charge in [-0.1, -0.05) is 12.8 Å². The van der Waals surface area contributed by atoms with Crippen LogP contribution < -0.4 is 10.6 Å². The molecule has 0 unspecified atom stereocenters. The second-order valence-electron chi connectivity index (χ2n) is 5.25. The molecule has 0 aromatic carbocycles. The molecule has 1 aliphatic rings. The van der Waals surface area contributed by atoms with E-state index in [2.05, 4.69) is 10.6 Å². The lowest BCUT2D eigenvalue weighted by Crippen LogP contribution is -2.42. The molecule has 1 rings (SSSR count). The van der Waals surface area contributed by atoms with Gasteiger partial charge in [-0.25, -0.2) is 4.79 Å². The standard InChI is InChI=1S/C13H22N2O4S/c1-20-7-6-14-12(19)15-10(16)8-13(9-11(17)18)4-2-3-5-13/h2-9H2,1H3,(H,17,18)(H2,14,15,16,19). The largest absolute Gasteiger partial charge is 0.481 e. The van der Waals surface area contributed by atoms with Gasteiger partial charge in [0.25, 0.3) is 0 Å². The van der Waals surface area contributed by atoms with Crippen LogP contribution in [0.3, 0.4) is 0 Å². The molecule has 0 saturated heterocycles. The molecule has 6 nitrogen and oxygen atoms in total. The average Bonchev–Trinajstić information content (AvgIpc) is 2.76. The molecule has 0 aromatic heterocycles. The predicted octanol–water partition coefficient (Wildman–Crippen LogP) is 1.60. The zero-order chi connectivity index (χ0) is 15.0. The van der Waals surface area contributed by atoms with Crippen molar-refractivity contribution in [1.82, 2.24) is 10.6 Å². The van der Waals surface area contributed by atoms with Crippen LogP contribution in [0.25, 0.3) is 0 Å². The van der Waals surface area contributed by atoms with Crippen molar-refractivity contribution in [1.29, 1.82) is 0 Å². The molecule has 1 fully saturated rings. The third-order valence-corrected chi connectivity index (χ3v) is 4.18. The number of amides is 3. The Bertz CT molecular complexity index is 367. The van der Waals surface area contributed by atoms with Gasteiger partial charge >= 0.3 is 12.0 Å². The number of thioether (sulfide) groups is 1. The number of rotatable bonds is 7. The van der Waals surface area contributed by atoms with E-state index >= 15 is 0 Å². The first-order valence-corrected chi connectivity index (χ1v) is 8.15. The quantitative estimate of drug-likeness (QED) is 0.621. The second kappa shape index (κ2) is 8.14. The Morgan fingerprint density at radius 3 is 2.40 bits per heavy atom. The van der Waals surface area contributed by atoms with Crippen molar-refractivity contribution in [2.45, 2.75) is 38.5 Å². The molecule has 0 aromatic rings. The minimum Gasteiger partial charge on any atom is -0.481 e. The first-order valence-electron chi connectivity index (χ1n) is 6.76. The van der Waals surface area contributed by atoms with Gasteiger partial charge in [-0.15, -0.1) is 0 Å². The smallest absolute Gasteiger partial charge is 0.321 e. The number of carboxylic acids is 1. The number of urea groups is 1. The van der Waals surface area contributed by atoms with Crippen LogP contribution in [0.5, 0.6) is 0 Å². The highest BCUT2D eigenvalue weighted by Crippen LogP contribution is 2.43. The van der Waals surface area contributed by atoms with E-state index < -0.39 is 23.3 Å². The lowest BCUT2D eigenvalue weighted by Gasteiger charge is -2.26. The van der Waals surface area contributed by atoms with Crippen molar-refractivity contribution in [3.63, 3.8) is 0 Å². The van der Waals surface area contributed by atoms with Crippen LogP contribution in [0.4, 0.5) is 4.79 Å². The predicted molar refractivity (Wildman–Crippen MR) is 77.7 cm³/mol. The Hall–Kier alpha value is -1.24. The highest BCUT2D eigenvalue weighted by atomic mass is 32.2. The molecule has 3 amide bonds.